The van der Waals surface area contributed by atoms with Gasteiger partial charge in [-0.1, -0.05) is 32.0 Å². The number of rotatable bonds is 8. The maximum absolute atomic E-state index is 13.1. The quantitative estimate of drug-likeness (QED) is 0.713. The van der Waals surface area contributed by atoms with Crippen LogP contribution in [0.5, 0.6) is 0 Å². The van der Waals surface area contributed by atoms with E-state index in [2.05, 4.69) is 24.1 Å². The van der Waals surface area contributed by atoms with Crippen LogP contribution in [0.25, 0.3) is 0 Å². The smallest absolute Gasteiger partial charge is 0.240 e. The van der Waals surface area contributed by atoms with Crippen molar-refractivity contribution in [1.82, 2.24) is 9.88 Å². The van der Waals surface area contributed by atoms with Gasteiger partial charge in [-0.15, -0.1) is 0 Å². The number of aromatic nitrogens is 1. The van der Waals surface area contributed by atoms with Crippen molar-refractivity contribution >= 4 is 17.5 Å². The molecule has 1 heterocycles. The fourth-order valence-corrected chi connectivity index (χ4v) is 3.61. The Kier molecular flexibility index (Phi) is 6.12. The topological polar surface area (TPSA) is 62.3 Å². The standard InChI is InChI=1S/C23H29N3O2/c1-4-18-7-6-8-19(5-2)20(18)25-21(27)23(12-13-23)22(28)26(3)16-11-17-9-14-24-15-10-17/h6-10,14-15H,4-5,11-13,16H2,1-3H3,(H,25,27). The van der Waals surface area contributed by atoms with Gasteiger partial charge in [-0.25, -0.2) is 0 Å². The number of carbonyl (C=O) groups excluding carboxylic acids is 2. The van der Waals surface area contributed by atoms with E-state index in [9.17, 15) is 9.59 Å². The minimum atomic E-state index is -0.904. The van der Waals surface area contributed by atoms with Gasteiger partial charge in [0.25, 0.3) is 0 Å². The van der Waals surface area contributed by atoms with Crippen LogP contribution in [-0.2, 0) is 28.9 Å². The Bertz CT molecular complexity index is 822. The van der Waals surface area contributed by atoms with E-state index in [1.807, 2.05) is 30.3 Å². The highest BCUT2D eigenvalue weighted by molar-refractivity contribution is 6.13. The number of para-hydroxylation sites is 1. The zero-order valence-electron chi connectivity index (χ0n) is 17.0. The maximum Gasteiger partial charge on any atom is 0.240 e. The summed E-state index contributed by atoms with van der Waals surface area (Å²) in [6.07, 6.45) is 7.18. The second-order valence-corrected chi connectivity index (χ2v) is 7.53. The second kappa shape index (κ2) is 8.55. The lowest BCUT2D eigenvalue weighted by Gasteiger charge is -2.24. The van der Waals surface area contributed by atoms with Gasteiger partial charge in [-0.3, -0.25) is 14.6 Å². The molecule has 1 aliphatic carbocycles. The van der Waals surface area contributed by atoms with E-state index in [-0.39, 0.29) is 11.8 Å². The number of anilines is 1. The molecule has 0 saturated heterocycles. The van der Waals surface area contributed by atoms with Gasteiger partial charge in [0, 0.05) is 31.7 Å². The Morgan fingerprint density at radius 3 is 2.21 bits per heavy atom. The predicted molar refractivity (Wildman–Crippen MR) is 111 cm³/mol. The number of aryl methyl sites for hydroxylation is 2. The van der Waals surface area contributed by atoms with E-state index in [1.54, 1.807) is 24.3 Å². The zero-order chi connectivity index (χ0) is 20.1. The SMILES string of the molecule is CCc1cccc(CC)c1NC(=O)C1(C(=O)N(C)CCc2ccncc2)CC1. The summed E-state index contributed by atoms with van der Waals surface area (Å²) in [7, 11) is 1.79. The lowest BCUT2D eigenvalue weighted by molar-refractivity contribution is -0.141. The molecule has 1 aliphatic rings. The molecule has 5 nitrogen and oxygen atoms in total. The summed E-state index contributed by atoms with van der Waals surface area (Å²) in [5.41, 5.74) is 3.34. The van der Waals surface area contributed by atoms with Crippen molar-refractivity contribution in [3.8, 4) is 0 Å². The number of nitrogens with zero attached hydrogens (tertiary/aromatic N) is 2. The monoisotopic (exact) mass is 379 g/mol. The summed E-state index contributed by atoms with van der Waals surface area (Å²) in [5, 5.41) is 3.10. The molecule has 148 valence electrons. The molecule has 0 radical (unpaired) electrons. The average molecular weight is 380 g/mol. The van der Waals surface area contributed by atoms with Gasteiger partial charge in [-0.05, 0) is 60.9 Å². The average Bonchev–Trinajstić information content (AvgIpc) is 3.54. The summed E-state index contributed by atoms with van der Waals surface area (Å²) in [6.45, 7) is 4.74. The third-order valence-corrected chi connectivity index (χ3v) is 5.66. The van der Waals surface area contributed by atoms with Crippen LogP contribution in [0.4, 0.5) is 5.69 Å². The molecular formula is C23H29N3O2. The van der Waals surface area contributed by atoms with Crippen molar-refractivity contribution in [2.75, 3.05) is 18.9 Å². The highest BCUT2D eigenvalue weighted by Crippen LogP contribution is 2.48. The van der Waals surface area contributed by atoms with E-state index in [0.29, 0.717) is 19.4 Å². The minimum Gasteiger partial charge on any atom is -0.344 e. The first-order valence-corrected chi connectivity index (χ1v) is 10.1. The lowest BCUT2D eigenvalue weighted by atomic mass is 10.00. The molecule has 2 aromatic rings. The molecule has 0 aliphatic heterocycles. The summed E-state index contributed by atoms with van der Waals surface area (Å²) in [6, 6.07) is 10.0. The Labute approximate surface area is 167 Å². The molecule has 0 bridgehead atoms. The van der Waals surface area contributed by atoms with E-state index in [4.69, 9.17) is 0 Å². The molecule has 3 rings (SSSR count). The Hall–Kier alpha value is -2.69. The summed E-state index contributed by atoms with van der Waals surface area (Å²) in [4.78, 5) is 31.8. The van der Waals surface area contributed by atoms with Crippen LogP contribution in [0, 0.1) is 5.41 Å². The van der Waals surface area contributed by atoms with E-state index in [0.717, 1.165) is 41.6 Å². The first-order valence-electron chi connectivity index (χ1n) is 10.1. The summed E-state index contributed by atoms with van der Waals surface area (Å²) in [5.74, 6) is -0.241. The van der Waals surface area contributed by atoms with Gasteiger partial charge in [0.05, 0.1) is 0 Å². The van der Waals surface area contributed by atoms with Crippen LogP contribution < -0.4 is 5.32 Å². The van der Waals surface area contributed by atoms with Gasteiger partial charge >= 0.3 is 0 Å². The van der Waals surface area contributed by atoms with Crippen LogP contribution >= 0.6 is 0 Å². The number of hydrogen-bond donors (Lipinski definition) is 1. The molecule has 1 N–H and O–H groups in total. The molecule has 1 fully saturated rings. The van der Waals surface area contributed by atoms with Gasteiger partial charge in [0.1, 0.15) is 5.41 Å². The molecular weight excluding hydrogens is 350 g/mol. The van der Waals surface area contributed by atoms with Crippen molar-refractivity contribution in [3.63, 3.8) is 0 Å². The number of benzene rings is 1. The van der Waals surface area contributed by atoms with Crippen LogP contribution in [0.15, 0.2) is 42.7 Å². The molecule has 1 aromatic carbocycles. The van der Waals surface area contributed by atoms with E-state index in [1.165, 1.54) is 0 Å². The first kappa shape index (κ1) is 20.1. The van der Waals surface area contributed by atoms with Gasteiger partial charge < -0.3 is 10.2 Å². The van der Waals surface area contributed by atoms with Crippen LogP contribution in [0.2, 0.25) is 0 Å². The number of pyridine rings is 1. The van der Waals surface area contributed by atoms with Crippen molar-refractivity contribution in [3.05, 3.63) is 59.4 Å². The first-order chi connectivity index (χ1) is 13.5. The van der Waals surface area contributed by atoms with Gasteiger partial charge in [0.2, 0.25) is 11.8 Å². The largest absolute Gasteiger partial charge is 0.344 e. The van der Waals surface area contributed by atoms with Crippen molar-refractivity contribution in [2.45, 2.75) is 46.0 Å². The lowest BCUT2D eigenvalue weighted by Crippen LogP contribution is -2.42. The maximum atomic E-state index is 13.1. The molecule has 1 aromatic heterocycles. The predicted octanol–water partition coefficient (Wildman–Crippen LogP) is 3.63. The van der Waals surface area contributed by atoms with E-state index < -0.39 is 5.41 Å². The van der Waals surface area contributed by atoms with Crippen molar-refractivity contribution in [2.24, 2.45) is 5.41 Å². The highest BCUT2D eigenvalue weighted by atomic mass is 16.2. The van der Waals surface area contributed by atoms with E-state index >= 15 is 0 Å². The Morgan fingerprint density at radius 2 is 1.68 bits per heavy atom. The number of nitrogens with one attached hydrogen (secondary N) is 1. The number of amides is 2. The third kappa shape index (κ3) is 4.08. The molecule has 5 heteroatoms. The van der Waals surface area contributed by atoms with Crippen molar-refractivity contribution in [1.29, 1.82) is 0 Å². The zero-order valence-corrected chi connectivity index (χ0v) is 17.0. The fraction of sp³-hybridized carbons (Fsp3) is 0.435. The number of likely N-dealkylation sites (N-methyl/N-ethyl adjacent to an activating group) is 1. The Balaban J connectivity index is 1.69. The van der Waals surface area contributed by atoms with Crippen LogP contribution in [0.1, 0.15) is 43.4 Å². The molecule has 0 spiro atoms. The second-order valence-electron chi connectivity index (χ2n) is 7.53. The molecule has 28 heavy (non-hydrogen) atoms. The molecule has 1 saturated carbocycles. The molecule has 2 amide bonds. The molecule has 0 unspecified atom stereocenters. The number of hydrogen-bond acceptors (Lipinski definition) is 3. The number of carbonyl (C=O) groups is 2. The fourth-order valence-electron chi connectivity index (χ4n) is 3.61. The van der Waals surface area contributed by atoms with Gasteiger partial charge in [0.15, 0.2) is 0 Å². The van der Waals surface area contributed by atoms with Crippen LogP contribution in [0.3, 0.4) is 0 Å². The van der Waals surface area contributed by atoms with Gasteiger partial charge in [-0.2, -0.15) is 0 Å². The highest BCUT2D eigenvalue weighted by Gasteiger charge is 2.57. The Morgan fingerprint density at radius 1 is 1.07 bits per heavy atom. The normalized spacial score (nSPS) is 14.4. The van der Waals surface area contributed by atoms with Crippen molar-refractivity contribution < 1.29 is 9.59 Å². The summed E-state index contributed by atoms with van der Waals surface area (Å²) >= 11 is 0. The molecule has 0 atom stereocenters. The minimum absolute atomic E-state index is 0.0777. The third-order valence-electron chi connectivity index (χ3n) is 5.66. The summed E-state index contributed by atoms with van der Waals surface area (Å²) < 4.78 is 0. The van der Waals surface area contributed by atoms with Crippen LogP contribution in [-0.4, -0.2) is 35.3 Å².